The van der Waals surface area contributed by atoms with Crippen molar-refractivity contribution in [2.45, 2.75) is 77.8 Å². The Morgan fingerprint density at radius 1 is 1.05 bits per heavy atom. The monoisotopic (exact) mass is 267 g/mol. The third-order valence-corrected chi connectivity index (χ3v) is 4.99. The van der Waals surface area contributed by atoms with Gasteiger partial charge in [-0.2, -0.15) is 0 Å². The Morgan fingerprint density at radius 2 is 1.53 bits per heavy atom. The molecular formula is C16H29NO2. The molecule has 0 bridgehead atoms. The Labute approximate surface area is 117 Å². The summed E-state index contributed by atoms with van der Waals surface area (Å²) < 4.78 is 0. The summed E-state index contributed by atoms with van der Waals surface area (Å²) in [4.78, 5) is 13.3. The van der Waals surface area contributed by atoms with Gasteiger partial charge in [-0.3, -0.25) is 9.69 Å². The Kier molecular flexibility index (Phi) is 4.54. The molecule has 2 rings (SSSR count). The number of hydrogen-bond donors (Lipinski definition) is 1. The van der Waals surface area contributed by atoms with E-state index in [1.165, 1.54) is 38.5 Å². The number of rotatable bonds is 5. The van der Waals surface area contributed by atoms with Crippen molar-refractivity contribution in [2.24, 2.45) is 11.3 Å². The lowest BCUT2D eigenvalue weighted by Gasteiger charge is -2.41. The molecule has 0 amide bonds. The van der Waals surface area contributed by atoms with E-state index in [4.69, 9.17) is 5.11 Å². The molecule has 0 aromatic rings. The first kappa shape index (κ1) is 14.8. The van der Waals surface area contributed by atoms with Crippen LogP contribution in [0.15, 0.2) is 0 Å². The van der Waals surface area contributed by atoms with Crippen LogP contribution in [-0.2, 0) is 4.79 Å². The van der Waals surface area contributed by atoms with Gasteiger partial charge in [-0.15, -0.1) is 0 Å². The van der Waals surface area contributed by atoms with Crippen LogP contribution in [0.4, 0.5) is 0 Å². The average Bonchev–Trinajstić information content (AvgIpc) is 3.13. The predicted octanol–water partition coefficient (Wildman–Crippen LogP) is 3.53. The maximum atomic E-state index is 10.8. The van der Waals surface area contributed by atoms with E-state index in [-0.39, 0.29) is 0 Å². The van der Waals surface area contributed by atoms with Crippen molar-refractivity contribution in [3.63, 3.8) is 0 Å². The third-order valence-electron chi connectivity index (χ3n) is 4.99. The summed E-state index contributed by atoms with van der Waals surface area (Å²) in [6.45, 7) is 7.80. The van der Waals surface area contributed by atoms with Crippen LogP contribution in [0.5, 0.6) is 0 Å². The maximum absolute atomic E-state index is 10.8. The van der Waals surface area contributed by atoms with Crippen molar-refractivity contribution in [1.82, 2.24) is 4.90 Å². The second-order valence-electron chi connectivity index (χ2n) is 7.48. The van der Waals surface area contributed by atoms with Gasteiger partial charge >= 0.3 is 5.97 Å². The molecule has 0 aromatic carbocycles. The summed E-state index contributed by atoms with van der Waals surface area (Å²) in [6, 6.07) is 1.33. The molecule has 0 heterocycles. The zero-order valence-corrected chi connectivity index (χ0v) is 12.7. The van der Waals surface area contributed by atoms with Gasteiger partial charge in [-0.05, 0) is 49.9 Å². The van der Waals surface area contributed by atoms with Gasteiger partial charge in [0.05, 0.1) is 6.42 Å². The Balaban J connectivity index is 1.85. The fraction of sp³-hybridized carbons (Fsp3) is 0.938. The van der Waals surface area contributed by atoms with Gasteiger partial charge in [-0.1, -0.05) is 20.8 Å². The van der Waals surface area contributed by atoms with Crippen LogP contribution in [-0.4, -0.2) is 34.6 Å². The van der Waals surface area contributed by atoms with Crippen LogP contribution in [0.25, 0.3) is 0 Å². The second-order valence-corrected chi connectivity index (χ2v) is 7.48. The van der Waals surface area contributed by atoms with Gasteiger partial charge in [0.25, 0.3) is 0 Å². The van der Waals surface area contributed by atoms with E-state index in [2.05, 4.69) is 25.7 Å². The summed E-state index contributed by atoms with van der Waals surface area (Å²) in [7, 11) is 0. The van der Waals surface area contributed by atoms with Crippen LogP contribution in [0, 0.1) is 11.3 Å². The molecule has 3 nitrogen and oxygen atoms in total. The quantitative estimate of drug-likeness (QED) is 0.828. The van der Waals surface area contributed by atoms with Crippen LogP contribution >= 0.6 is 0 Å². The first-order valence-electron chi connectivity index (χ1n) is 7.85. The van der Waals surface area contributed by atoms with Gasteiger partial charge in [-0.25, -0.2) is 0 Å². The molecule has 2 aliphatic rings. The molecule has 0 spiro atoms. The summed E-state index contributed by atoms with van der Waals surface area (Å²) in [5.74, 6) is 0.179. The van der Waals surface area contributed by atoms with E-state index < -0.39 is 5.97 Å². The summed E-state index contributed by atoms with van der Waals surface area (Å²) >= 11 is 0. The number of carbonyl (C=O) groups is 1. The molecule has 0 aliphatic heterocycles. The van der Waals surface area contributed by atoms with Crippen LogP contribution in [0.2, 0.25) is 0 Å². The van der Waals surface area contributed by atoms with Crippen LogP contribution < -0.4 is 0 Å². The van der Waals surface area contributed by atoms with E-state index in [0.29, 0.717) is 23.9 Å². The van der Waals surface area contributed by atoms with E-state index in [1.807, 2.05) is 0 Å². The van der Waals surface area contributed by atoms with Crippen molar-refractivity contribution in [1.29, 1.82) is 0 Å². The molecular weight excluding hydrogens is 238 g/mol. The lowest BCUT2D eigenvalue weighted by Crippen LogP contribution is -2.42. The minimum absolute atomic E-state index is 0.301. The molecule has 1 N–H and O–H groups in total. The van der Waals surface area contributed by atoms with Gasteiger partial charge in [0, 0.05) is 18.6 Å². The number of carboxylic acid groups (broad SMARTS) is 1. The molecule has 3 heteroatoms. The van der Waals surface area contributed by atoms with Crippen LogP contribution in [0.3, 0.4) is 0 Å². The Hall–Kier alpha value is -0.570. The zero-order valence-electron chi connectivity index (χ0n) is 12.7. The smallest absolute Gasteiger partial charge is 0.304 e. The van der Waals surface area contributed by atoms with Gasteiger partial charge in [0.1, 0.15) is 0 Å². The van der Waals surface area contributed by atoms with E-state index >= 15 is 0 Å². The van der Waals surface area contributed by atoms with E-state index in [1.54, 1.807) is 0 Å². The first-order valence-corrected chi connectivity index (χ1v) is 7.85. The van der Waals surface area contributed by atoms with Gasteiger partial charge < -0.3 is 5.11 Å². The third kappa shape index (κ3) is 4.20. The van der Waals surface area contributed by atoms with Crippen molar-refractivity contribution in [3.05, 3.63) is 0 Å². The molecule has 2 saturated carbocycles. The van der Waals surface area contributed by atoms with E-state index in [9.17, 15) is 4.79 Å². The Bertz CT molecular complexity index is 309. The average molecular weight is 267 g/mol. The standard InChI is InChI=1S/C16H29NO2/c1-16(2,3)12-4-6-13(7-5-12)17(14-8-9-14)11-10-15(18)19/h12-14H,4-11H2,1-3H3,(H,18,19). The molecule has 19 heavy (non-hydrogen) atoms. The highest BCUT2D eigenvalue weighted by molar-refractivity contribution is 5.66. The normalized spacial score (nSPS) is 28.6. The zero-order chi connectivity index (χ0) is 14.0. The SMILES string of the molecule is CC(C)(C)C1CCC(N(CCC(=O)O)C2CC2)CC1. The van der Waals surface area contributed by atoms with Gasteiger partial charge in [0.15, 0.2) is 0 Å². The first-order chi connectivity index (χ1) is 8.88. The highest BCUT2D eigenvalue weighted by atomic mass is 16.4. The predicted molar refractivity (Wildman–Crippen MR) is 77.2 cm³/mol. The molecule has 2 fully saturated rings. The minimum Gasteiger partial charge on any atom is -0.481 e. The van der Waals surface area contributed by atoms with Crippen molar-refractivity contribution >= 4 is 5.97 Å². The molecule has 0 unspecified atom stereocenters. The molecule has 0 radical (unpaired) electrons. The largest absolute Gasteiger partial charge is 0.481 e. The van der Waals surface area contributed by atoms with Crippen molar-refractivity contribution in [3.8, 4) is 0 Å². The molecule has 2 aliphatic carbocycles. The van der Waals surface area contributed by atoms with E-state index in [0.717, 1.165) is 12.5 Å². The Morgan fingerprint density at radius 3 is 1.89 bits per heavy atom. The number of aliphatic carboxylic acids is 1. The number of hydrogen-bond acceptors (Lipinski definition) is 2. The molecule has 110 valence electrons. The molecule has 0 atom stereocenters. The summed E-state index contributed by atoms with van der Waals surface area (Å²) in [5.41, 5.74) is 0.427. The highest BCUT2D eigenvalue weighted by Gasteiger charge is 2.37. The van der Waals surface area contributed by atoms with Crippen molar-refractivity contribution in [2.75, 3.05) is 6.54 Å². The number of nitrogens with zero attached hydrogens (tertiary/aromatic N) is 1. The summed E-state index contributed by atoms with van der Waals surface area (Å²) in [5, 5.41) is 8.88. The van der Waals surface area contributed by atoms with Crippen LogP contribution in [0.1, 0.15) is 65.7 Å². The lowest BCUT2D eigenvalue weighted by atomic mass is 9.71. The lowest BCUT2D eigenvalue weighted by molar-refractivity contribution is -0.137. The van der Waals surface area contributed by atoms with Crippen molar-refractivity contribution < 1.29 is 9.90 Å². The minimum atomic E-state index is -0.658. The topological polar surface area (TPSA) is 40.5 Å². The second kappa shape index (κ2) is 5.82. The fourth-order valence-electron chi connectivity index (χ4n) is 3.57. The maximum Gasteiger partial charge on any atom is 0.304 e. The van der Waals surface area contributed by atoms with Gasteiger partial charge in [0.2, 0.25) is 0 Å². The number of carboxylic acids is 1. The summed E-state index contributed by atoms with van der Waals surface area (Å²) in [6.07, 6.45) is 8.00. The molecule has 0 aromatic heterocycles. The molecule has 0 saturated heterocycles. The fourth-order valence-corrected chi connectivity index (χ4v) is 3.57. The highest BCUT2D eigenvalue weighted by Crippen LogP contribution is 2.41.